The number of hydrogen-bond donors (Lipinski definition) is 3. The first-order valence-electron chi connectivity index (χ1n) is 15.7. The minimum atomic E-state index is -1.71. The maximum Gasteiger partial charge on any atom is 0.492 e. The number of rotatable bonds is 14. The van der Waals surface area contributed by atoms with E-state index in [1.807, 2.05) is 60.7 Å². The van der Waals surface area contributed by atoms with E-state index in [0.717, 1.165) is 37.1 Å². The number of nitrogens with zero attached hydrogens (tertiary/aromatic N) is 1. The molecule has 0 aliphatic carbocycles. The molecule has 3 amide bonds. The number of quaternary nitrogens is 1. The van der Waals surface area contributed by atoms with E-state index in [9.17, 15) is 14.4 Å². The van der Waals surface area contributed by atoms with Crippen molar-refractivity contribution in [1.82, 2.24) is 15.5 Å². The van der Waals surface area contributed by atoms with Gasteiger partial charge in [0.25, 0.3) is 0 Å². The third-order valence-corrected chi connectivity index (χ3v) is 9.11. The van der Waals surface area contributed by atoms with E-state index < -0.39 is 18.8 Å². The lowest BCUT2D eigenvalue weighted by Gasteiger charge is -2.40. The van der Waals surface area contributed by atoms with Gasteiger partial charge in [0.2, 0.25) is 17.7 Å². The Labute approximate surface area is 254 Å². The normalized spacial score (nSPS) is 24.3. The Kier molecular flexibility index (Phi) is 10.9. The molecule has 2 aromatic carbocycles. The van der Waals surface area contributed by atoms with Gasteiger partial charge in [-0.3, -0.25) is 14.4 Å². The lowest BCUT2D eigenvalue weighted by Crippen LogP contribution is -3.21. The highest BCUT2D eigenvalue weighted by Crippen LogP contribution is 2.23. The number of methoxy groups -OCH3 is 1. The second-order valence-electron chi connectivity index (χ2n) is 11.9. The molecule has 3 aliphatic heterocycles. The number of nitrogens with one attached hydrogen (secondary N) is 3. The second-order valence-corrected chi connectivity index (χ2v) is 11.9. The van der Waals surface area contributed by atoms with Crippen molar-refractivity contribution in [2.45, 2.75) is 63.0 Å². The number of ether oxygens (including phenoxy) is 1. The van der Waals surface area contributed by atoms with Crippen LogP contribution in [0.5, 0.6) is 0 Å². The maximum absolute atomic E-state index is 14.1. The predicted molar refractivity (Wildman–Crippen MR) is 163 cm³/mol. The van der Waals surface area contributed by atoms with E-state index in [-0.39, 0.29) is 30.1 Å². The molecule has 10 nitrogen and oxygen atoms in total. The van der Waals surface area contributed by atoms with Gasteiger partial charge in [-0.05, 0) is 36.8 Å². The molecule has 2 aromatic rings. The van der Waals surface area contributed by atoms with Gasteiger partial charge >= 0.3 is 6.69 Å². The molecule has 3 atom stereocenters. The molecule has 0 bridgehead atoms. The molecular formula is C32H45BN4O6. The van der Waals surface area contributed by atoms with E-state index in [1.54, 1.807) is 12.0 Å². The van der Waals surface area contributed by atoms with Gasteiger partial charge in [0, 0.05) is 39.0 Å². The molecule has 43 heavy (non-hydrogen) atoms. The summed E-state index contributed by atoms with van der Waals surface area (Å²) in [5.41, 5.74) is 2.02. The van der Waals surface area contributed by atoms with E-state index in [4.69, 9.17) is 14.0 Å². The number of likely N-dealkylation sites (tertiary alicyclic amines) is 1. The summed E-state index contributed by atoms with van der Waals surface area (Å²) in [6.07, 6.45) is 3.93. The monoisotopic (exact) mass is 592 g/mol. The number of aryl methyl sites for hydroxylation is 1. The van der Waals surface area contributed by atoms with Crippen molar-refractivity contribution in [2.24, 2.45) is 0 Å². The first-order valence-corrected chi connectivity index (χ1v) is 15.7. The van der Waals surface area contributed by atoms with Crippen LogP contribution in [0.15, 0.2) is 60.7 Å². The Morgan fingerprint density at radius 3 is 2.35 bits per heavy atom. The molecule has 3 heterocycles. The minimum Gasteiger partial charge on any atom is -0.508 e. The molecule has 3 N–H and O–H groups in total. The zero-order valence-electron chi connectivity index (χ0n) is 25.2. The fourth-order valence-corrected chi connectivity index (χ4v) is 6.91. The third kappa shape index (κ3) is 7.64. The Morgan fingerprint density at radius 2 is 1.67 bits per heavy atom. The molecule has 3 fully saturated rings. The van der Waals surface area contributed by atoms with Gasteiger partial charge in [-0.15, -0.1) is 0 Å². The van der Waals surface area contributed by atoms with Crippen molar-refractivity contribution >= 4 is 24.4 Å². The number of amides is 3. The van der Waals surface area contributed by atoms with Crippen LogP contribution in [-0.2, 0) is 41.3 Å². The highest BCUT2D eigenvalue weighted by molar-refractivity contribution is 6.61. The van der Waals surface area contributed by atoms with Gasteiger partial charge in [-0.1, -0.05) is 67.1 Å². The van der Waals surface area contributed by atoms with Crippen LogP contribution in [0.3, 0.4) is 0 Å². The fourth-order valence-electron chi connectivity index (χ4n) is 6.91. The molecule has 11 heteroatoms. The van der Waals surface area contributed by atoms with Crippen molar-refractivity contribution in [3.05, 3.63) is 71.8 Å². The predicted octanol–water partition coefficient (Wildman–Crippen LogP) is 0.673. The summed E-state index contributed by atoms with van der Waals surface area (Å²) in [5.74, 6) is -0.907. The van der Waals surface area contributed by atoms with E-state index in [1.165, 1.54) is 4.81 Å². The molecule has 3 aliphatic rings. The number of fused-ring (bicyclic) bond motifs is 1. The van der Waals surface area contributed by atoms with Crippen LogP contribution in [0.2, 0.25) is 0 Å². The lowest BCUT2D eigenvalue weighted by atomic mass is 9.60. The van der Waals surface area contributed by atoms with Crippen LogP contribution >= 0.6 is 0 Å². The van der Waals surface area contributed by atoms with Gasteiger partial charge < -0.3 is 34.4 Å². The average Bonchev–Trinajstić information content (AvgIpc) is 3.77. The third-order valence-electron chi connectivity index (χ3n) is 9.11. The lowest BCUT2D eigenvalue weighted by molar-refractivity contribution is -0.785. The first kappa shape index (κ1) is 31.2. The van der Waals surface area contributed by atoms with Crippen molar-refractivity contribution in [1.29, 1.82) is 0 Å². The summed E-state index contributed by atoms with van der Waals surface area (Å²) in [5, 5.41) is 6.26. The second kappa shape index (κ2) is 15.0. The summed E-state index contributed by atoms with van der Waals surface area (Å²) >= 11 is 0. The summed E-state index contributed by atoms with van der Waals surface area (Å²) in [4.78, 5) is 43.9. The molecule has 5 rings (SSSR count). The summed E-state index contributed by atoms with van der Waals surface area (Å²) in [7, 11) is 1.67. The van der Waals surface area contributed by atoms with E-state index in [2.05, 4.69) is 10.6 Å². The molecule has 0 spiro atoms. The Morgan fingerprint density at radius 1 is 1.00 bits per heavy atom. The molecule has 3 saturated heterocycles. The number of benzene rings is 2. The summed E-state index contributed by atoms with van der Waals surface area (Å²) < 4.78 is 17.7. The quantitative estimate of drug-likeness (QED) is 0.220. The molecule has 0 saturated carbocycles. The van der Waals surface area contributed by atoms with Crippen LogP contribution in [-0.4, -0.2) is 93.9 Å². The summed E-state index contributed by atoms with van der Waals surface area (Å²) in [6, 6.07) is 18.1. The van der Waals surface area contributed by atoms with Crippen molar-refractivity contribution in [3.8, 4) is 0 Å². The zero-order valence-corrected chi connectivity index (χ0v) is 25.2. The van der Waals surface area contributed by atoms with Crippen molar-refractivity contribution < 1.29 is 33.2 Å². The van der Waals surface area contributed by atoms with Gasteiger partial charge in [-0.2, -0.15) is 0 Å². The minimum absolute atomic E-state index is 0.182. The smallest absolute Gasteiger partial charge is 0.492 e. The van der Waals surface area contributed by atoms with Gasteiger partial charge in [0.1, 0.15) is 12.1 Å². The molecule has 1 unspecified atom stereocenters. The highest BCUT2D eigenvalue weighted by Gasteiger charge is 2.56. The van der Waals surface area contributed by atoms with Crippen LogP contribution in [0.1, 0.15) is 43.2 Å². The number of carbonyl (C=O) groups is 3. The Hall–Kier alpha value is -3.25. The van der Waals surface area contributed by atoms with Crippen LogP contribution in [0.25, 0.3) is 0 Å². The maximum atomic E-state index is 14.1. The van der Waals surface area contributed by atoms with Crippen molar-refractivity contribution in [3.63, 3.8) is 0 Å². The molecule has 0 radical (unpaired) electrons. The topological polar surface area (TPSA) is 111 Å². The Balaban J connectivity index is 1.28. The first-order chi connectivity index (χ1) is 21.0. The fraction of sp³-hybridized carbons (Fsp3) is 0.531. The average molecular weight is 593 g/mol. The molecule has 232 valence electrons. The molecular weight excluding hydrogens is 547 g/mol. The van der Waals surface area contributed by atoms with Crippen LogP contribution < -0.4 is 15.4 Å². The van der Waals surface area contributed by atoms with E-state index in [0.29, 0.717) is 52.0 Å². The zero-order chi connectivity index (χ0) is 30.1. The van der Waals surface area contributed by atoms with Crippen molar-refractivity contribution in [2.75, 3.05) is 46.6 Å². The Bertz CT molecular complexity index is 1210. The van der Waals surface area contributed by atoms with Gasteiger partial charge in [0.15, 0.2) is 0 Å². The van der Waals surface area contributed by atoms with Gasteiger partial charge in [0.05, 0.1) is 26.3 Å². The van der Waals surface area contributed by atoms with Crippen LogP contribution in [0.4, 0.5) is 0 Å². The van der Waals surface area contributed by atoms with E-state index >= 15 is 0 Å². The number of hydrogen-bond acceptors (Lipinski definition) is 6. The van der Waals surface area contributed by atoms with Crippen LogP contribution in [0, 0.1) is 0 Å². The van der Waals surface area contributed by atoms with Gasteiger partial charge in [-0.25, -0.2) is 0 Å². The highest BCUT2D eigenvalue weighted by atomic mass is 16.6. The SMILES string of the molecule is COCCC[C@H](NC(=O)[C@@H]1CCCN1C(=O)C(Cc1ccccc1)NC(=O)CCc1ccccc1)[B-]12OCC[NH+]1CCO2. The summed E-state index contributed by atoms with van der Waals surface area (Å²) in [6.45, 7) is 2.25. The standard InChI is InChI=1S/C32H45BN4O6/c1-41-21-9-15-29(33-36(19-22-42-33)20-23-43-33)35-31(39)28-14-8-18-37(28)32(40)27(24-26-12-6-3-7-13-26)34-30(38)17-16-25-10-4-2-5-11-25/h2-7,10-13,27-29,36H,8-9,14-24H2,1H3,(H,34,38)(H,35,39)/t27?,28-,29-/m0/s1. The molecule has 0 aromatic heterocycles. The largest absolute Gasteiger partial charge is 0.508 e. The number of carbonyl (C=O) groups excluding carboxylic acids is 3.